The Morgan fingerprint density at radius 3 is 3.09 bits per heavy atom. The number of hydrogen-bond donors (Lipinski definition) is 2. The molecule has 2 aromatic heterocycles. The highest BCUT2D eigenvalue weighted by atomic mass is 16.1. The molecule has 1 saturated heterocycles. The molecule has 2 aromatic rings. The van der Waals surface area contributed by atoms with E-state index in [4.69, 9.17) is 0 Å². The van der Waals surface area contributed by atoms with Gasteiger partial charge >= 0.3 is 0 Å². The van der Waals surface area contributed by atoms with Gasteiger partial charge in [0.25, 0.3) is 0 Å². The monoisotopic (exact) mass is 313 g/mol. The highest BCUT2D eigenvalue weighted by Crippen LogP contribution is 2.29. The van der Waals surface area contributed by atoms with Crippen molar-refractivity contribution in [3.63, 3.8) is 0 Å². The Bertz CT molecular complexity index is 721. The van der Waals surface area contributed by atoms with Gasteiger partial charge in [-0.05, 0) is 44.6 Å². The zero-order valence-corrected chi connectivity index (χ0v) is 13.5. The second-order valence-electron chi connectivity index (χ2n) is 6.81. The highest BCUT2D eigenvalue weighted by molar-refractivity contribution is 5.88. The second kappa shape index (κ2) is 5.83. The quantitative estimate of drug-likeness (QED) is 0.905. The second-order valence-corrected chi connectivity index (χ2v) is 6.81. The molecule has 6 nitrogen and oxygen atoms in total. The predicted molar refractivity (Wildman–Crippen MR) is 89.3 cm³/mol. The van der Waals surface area contributed by atoms with Gasteiger partial charge in [0.2, 0.25) is 5.91 Å². The maximum atomic E-state index is 12.4. The molecule has 4 rings (SSSR count). The Hall–Kier alpha value is -2.11. The Kier molecular flexibility index (Phi) is 3.67. The van der Waals surface area contributed by atoms with Crippen LogP contribution in [-0.2, 0) is 4.79 Å². The number of nitrogens with zero attached hydrogens (tertiary/aromatic N) is 3. The van der Waals surface area contributed by atoms with Crippen LogP contribution >= 0.6 is 0 Å². The van der Waals surface area contributed by atoms with Gasteiger partial charge in [0.15, 0.2) is 0 Å². The summed E-state index contributed by atoms with van der Waals surface area (Å²) < 4.78 is 0. The molecule has 2 fully saturated rings. The van der Waals surface area contributed by atoms with Crippen molar-refractivity contribution < 1.29 is 4.79 Å². The maximum absolute atomic E-state index is 12.4. The Labute approximate surface area is 135 Å². The van der Waals surface area contributed by atoms with Crippen molar-refractivity contribution in [2.24, 2.45) is 11.8 Å². The average Bonchev–Trinajstić information content (AvgIpc) is 3.28. The van der Waals surface area contributed by atoms with Crippen molar-refractivity contribution >= 4 is 22.8 Å². The fourth-order valence-corrected chi connectivity index (χ4v) is 3.37. The molecule has 23 heavy (non-hydrogen) atoms. The lowest BCUT2D eigenvalue weighted by Gasteiger charge is -2.33. The molecule has 0 radical (unpaired) electrons. The van der Waals surface area contributed by atoms with E-state index in [2.05, 4.69) is 25.2 Å². The normalized spacial score (nSPS) is 21.6. The average molecular weight is 313 g/mol. The van der Waals surface area contributed by atoms with Gasteiger partial charge in [-0.25, -0.2) is 9.97 Å². The van der Waals surface area contributed by atoms with Crippen molar-refractivity contribution in [2.75, 3.05) is 24.5 Å². The number of aryl methyl sites for hydroxylation is 1. The number of aromatic amines is 1. The zero-order chi connectivity index (χ0) is 15.8. The minimum absolute atomic E-state index is 0.0618. The first-order valence-corrected chi connectivity index (χ1v) is 8.55. The first kappa shape index (κ1) is 14.5. The van der Waals surface area contributed by atoms with Crippen LogP contribution in [0.3, 0.4) is 0 Å². The van der Waals surface area contributed by atoms with Gasteiger partial charge in [-0.15, -0.1) is 0 Å². The van der Waals surface area contributed by atoms with Gasteiger partial charge < -0.3 is 15.2 Å². The number of anilines is 1. The minimum atomic E-state index is 0.0618. The van der Waals surface area contributed by atoms with Crippen LogP contribution in [0.4, 0.5) is 5.82 Å². The fourth-order valence-electron chi connectivity index (χ4n) is 3.37. The summed E-state index contributed by atoms with van der Waals surface area (Å²) in [5.41, 5.74) is 0.868. The third kappa shape index (κ3) is 3.02. The largest absolute Gasteiger partial charge is 0.356 e. The highest BCUT2D eigenvalue weighted by Gasteiger charge is 2.29. The molecule has 0 unspecified atom stereocenters. The van der Waals surface area contributed by atoms with Crippen LogP contribution < -0.4 is 10.2 Å². The van der Waals surface area contributed by atoms with Crippen LogP contribution in [0.2, 0.25) is 0 Å². The molecule has 6 heteroatoms. The number of carbonyl (C=O) groups excluding carboxylic acids is 1. The third-order valence-electron chi connectivity index (χ3n) is 4.86. The van der Waals surface area contributed by atoms with E-state index in [9.17, 15) is 4.79 Å². The number of aromatic nitrogens is 3. The van der Waals surface area contributed by atoms with E-state index < -0.39 is 0 Å². The number of H-pyrrole nitrogens is 1. The molecule has 1 aliphatic heterocycles. The first-order valence-electron chi connectivity index (χ1n) is 8.55. The number of rotatable bonds is 4. The van der Waals surface area contributed by atoms with E-state index in [0.717, 1.165) is 61.1 Å². The molecule has 0 aromatic carbocycles. The number of amides is 1. The first-order chi connectivity index (χ1) is 11.2. The van der Waals surface area contributed by atoms with Crippen LogP contribution in [0, 0.1) is 18.8 Å². The van der Waals surface area contributed by atoms with Crippen LogP contribution in [0.15, 0.2) is 12.3 Å². The SMILES string of the molecule is Cc1nc(N2CCC[C@@H](C(=O)NCC3CC3)C2)c2cc[nH]c2n1. The van der Waals surface area contributed by atoms with E-state index in [0.29, 0.717) is 0 Å². The molecule has 1 saturated carbocycles. The fraction of sp³-hybridized carbons (Fsp3) is 0.588. The molecule has 122 valence electrons. The summed E-state index contributed by atoms with van der Waals surface area (Å²) in [4.78, 5) is 26.9. The Balaban J connectivity index is 1.51. The summed E-state index contributed by atoms with van der Waals surface area (Å²) in [5, 5.41) is 4.16. The van der Waals surface area contributed by atoms with E-state index in [1.807, 2.05) is 19.2 Å². The molecule has 0 bridgehead atoms. The number of fused-ring (bicyclic) bond motifs is 1. The lowest BCUT2D eigenvalue weighted by molar-refractivity contribution is -0.125. The Morgan fingerprint density at radius 1 is 1.39 bits per heavy atom. The van der Waals surface area contributed by atoms with Crippen molar-refractivity contribution in [2.45, 2.75) is 32.6 Å². The summed E-state index contributed by atoms with van der Waals surface area (Å²) in [6.45, 7) is 4.45. The molecule has 3 heterocycles. The van der Waals surface area contributed by atoms with E-state index in [-0.39, 0.29) is 11.8 Å². The lowest BCUT2D eigenvalue weighted by Crippen LogP contribution is -2.44. The number of piperidine rings is 1. The topological polar surface area (TPSA) is 73.9 Å². The van der Waals surface area contributed by atoms with Gasteiger partial charge in [0, 0.05) is 25.8 Å². The number of nitrogens with one attached hydrogen (secondary N) is 2. The Morgan fingerprint density at radius 2 is 2.26 bits per heavy atom. The van der Waals surface area contributed by atoms with Crippen molar-refractivity contribution in [3.8, 4) is 0 Å². The maximum Gasteiger partial charge on any atom is 0.224 e. The molecule has 2 aliphatic rings. The van der Waals surface area contributed by atoms with Gasteiger partial charge in [0.05, 0.1) is 11.3 Å². The van der Waals surface area contributed by atoms with Crippen molar-refractivity contribution in [3.05, 3.63) is 18.1 Å². The molecule has 1 aliphatic carbocycles. The van der Waals surface area contributed by atoms with E-state index in [1.165, 1.54) is 12.8 Å². The summed E-state index contributed by atoms with van der Waals surface area (Å²) in [5.74, 6) is 2.70. The molecular weight excluding hydrogens is 290 g/mol. The van der Waals surface area contributed by atoms with E-state index >= 15 is 0 Å². The van der Waals surface area contributed by atoms with Crippen LogP contribution in [-0.4, -0.2) is 40.5 Å². The molecule has 0 spiro atoms. The van der Waals surface area contributed by atoms with Crippen LogP contribution in [0.5, 0.6) is 0 Å². The van der Waals surface area contributed by atoms with Crippen LogP contribution in [0.1, 0.15) is 31.5 Å². The zero-order valence-electron chi connectivity index (χ0n) is 13.5. The van der Waals surface area contributed by atoms with Gasteiger partial charge in [-0.3, -0.25) is 4.79 Å². The molecular formula is C17H23N5O. The van der Waals surface area contributed by atoms with Crippen LogP contribution in [0.25, 0.3) is 11.0 Å². The predicted octanol–water partition coefficient (Wildman–Crippen LogP) is 2.01. The third-order valence-corrected chi connectivity index (χ3v) is 4.86. The molecule has 1 atom stereocenters. The smallest absolute Gasteiger partial charge is 0.224 e. The standard InChI is InChI=1S/C17H23N5O/c1-11-20-15-14(6-7-18-15)16(21-11)22-8-2-3-13(10-22)17(23)19-9-12-4-5-12/h6-7,12-13H,2-5,8-10H2,1H3,(H,19,23)(H,18,20,21)/t13-/m1/s1. The van der Waals surface area contributed by atoms with Gasteiger partial charge in [-0.1, -0.05) is 0 Å². The minimum Gasteiger partial charge on any atom is -0.356 e. The van der Waals surface area contributed by atoms with E-state index in [1.54, 1.807) is 0 Å². The summed E-state index contributed by atoms with van der Waals surface area (Å²) in [6.07, 6.45) is 6.42. The van der Waals surface area contributed by atoms with Crippen molar-refractivity contribution in [1.29, 1.82) is 0 Å². The number of carbonyl (C=O) groups is 1. The lowest BCUT2D eigenvalue weighted by atomic mass is 9.97. The summed E-state index contributed by atoms with van der Waals surface area (Å²) in [6, 6.07) is 2.01. The summed E-state index contributed by atoms with van der Waals surface area (Å²) >= 11 is 0. The summed E-state index contributed by atoms with van der Waals surface area (Å²) in [7, 11) is 0. The van der Waals surface area contributed by atoms with Gasteiger partial charge in [-0.2, -0.15) is 0 Å². The molecule has 1 amide bonds. The molecule has 2 N–H and O–H groups in total. The van der Waals surface area contributed by atoms with Crippen molar-refractivity contribution in [1.82, 2.24) is 20.3 Å². The van der Waals surface area contributed by atoms with Gasteiger partial charge in [0.1, 0.15) is 17.3 Å². The number of hydrogen-bond acceptors (Lipinski definition) is 4.